The molecular formula is C7H16N2O5. The van der Waals surface area contributed by atoms with Crippen LogP contribution in [0, 0.1) is 0 Å². The van der Waals surface area contributed by atoms with E-state index < -0.39 is 36.9 Å². The molecule has 4 atom stereocenters. The first kappa shape index (κ1) is 13.3. The van der Waals surface area contributed by atoms with Crippen molar-refractivity contribution in [1.82, 2.24) is 5.32 Å². The summed E-state index contributed by atoms with van der Waals surface area (Å²) in [5, 5.41) is 38.5. The van der Waals surface area contributed by atoms with Gasteiger partial charge < -0.3 is 31.5 Å². The zero-order valence-electron chi connectivity index (χ0n) is 7.79. The highest BCUT2D eigenvalue weighted by atomic mass is 16.4. The predicted octanol–water partition coefficient (Wildman–Crippen LogP) is -3.87. The zero-order valence-corrected chi connectivity index (χ0v) is 7.79. The fraction of sp³-hybridized carbons (Fsp3) is 0.857. The number of primary amides is 1. The molecule has 0 rings (SSSR count). The van der Waals surface area contributed by atoms with Gasteiger partial charge in [-0.1, -0.05) is 0 Å². The Bertz CT molecular complexity index is 189. The molecule has 0 aromatic heterocycles. The van der Waals surface area contributed by atoms with Gasteiger partial charge in [0.15, 0.2) is 0 Å². The average Bonchev–Trinajstić information content (AvgIpc) is 2.15. The topological polar surface area (TPSA) is 136 Å². The molecule has 0 fully saturated rings. The van der Waals surface area contributed by atoms with Crippen LogP contribution in [0.25, 0.3) is 0 Å². The molecule has 0 bridgehead atoms. The predicted molar refractivity (Wildman–Crippen MR) is 47.1 cm³/mol. The van der Waals surface area contributed by atoms with Gasteiger partial charge in [0.2, 0.25) is 5.91 Å². The SMILES string of the molecule is CN[C@@H](C(N)=O)[C@@H](O)[C@H](O)C(O)CO. The maximum atomic E-state index is 10.7. The monoisotopic (exact) mass is 208 g/mol. The number of aliphatic hydroxyl groups excluding tert-OH is 4. The maximum absolute atomic E-state index is 10.7. The quantitative estimate of drug-likeness (QED) is 0.264. The van der Waals surface area contributed by atoms with Crippen LogP contribution in [0.15, 0.2) is 0 Å². The van der Waals surface area contributed by atoms with E-state index >= 15 is 0 Å². The van der Waals surface area contributed by atoms with Crippen molar-refractivity contribution in [2.45, 2.75) is 24.4 Å². The molecule has 0 saturated heterocycles. The number of likely N-dealkylation sites (N-methyl/N-ethyl adjacent to an activating group) is 1. The molecule has 14 heavy (non-hydrogen) atoms. The van der Waals surface area contributed by atoms with Crippen LogP contribution in [0.5, 0.6) is 0 Å². The van der Waals surface area contributed by atoms with Crippen molar-refractivity contribution in [2.24, 2.45) is 5.73 Å². The number of hydrogen-bond donors (Lipinski definition) is 6. The van der Waals surface area contributed by atoms with E-state index in [1.807, 2.05) is 0 Å². The Kier molecular flexibility index (Phi) is 5.58. The second kappa shape index (κ2) is 5.89. The standard InChI is InChI=1S/C7H16N2O5/c1-9-4(7(8)14)6(13)5(12)3(11)2-10/h3-6,9-13H,2H2,1H3,(H2,8,14)/t3?,4-,5-,6-/m1/s1. The number of rotatable bonds is 6. The summed E-state index contributed by atoms with van der Waals surface area (Å²) in [4.78, 5) is 10.7. The molecule has 0 radical (unpaired) electrons. The molecule has 0 aliphatic rings. The maximum Gasteiger partial charge on any atom is 0.237 e. The van der Waals surface area contributed by atoms with Gasteiger partial charge in [0.25, 0.3) is 0 Å². The van der Waals surface area contributed by atoms with Crippen LogP contribution >= 0.6 is 0 Å². The van der Waals surface area contributed by atoms with Gasteiger partial charge in [0.1, 0.15) is 24.4 Å². The lowest BCUT2D eigenvalue weighted by Gasteiger charge is -2.26. The van der Waals surface area contributed by atoms with E-state index in [-0.39, 0.29) is 0 Å². The van der Waals surface area contributed by atoms with E-state index in [9.17, 15) is 15.0 Å². The summed E-state index contributed by atoms with van der Waals surface area (Å²) >= 11 is 0. The van der Waals surface area contributed by atoms with E-state index in [1.165, 1.54) is 7.05 Å². The van der Waals surface area contributed by atoms with Gasteiger partial charge in [-0.05, 0) is 7.05 Å². The molecule has 0 aliphatic heterocycles. The van der Waals surface area contributed by atoms with Crippen LogP contribution in [0.3, 0.4) is 0 Å². The van der Waals surface area contributed by atoms with Crippen molar-refractivity contribution in [3.05, 3.63) is 0 Å². The van der Waals surface area contributed by atoms with Crippen molar-refractivity contribution < 1.29 is 25.2 Å². The van der Waals surface area contributed by atoms with Gasteiger partial charge in [0.05, 0.1) is 6.61 Å². The number of carbonyl (C=O) groups is 1. The van der Waals surface area contributed by atoms with Gasteiger partial charge in [-0.3, -0.25) is 4.79 Å². The highest BCUT2D eigenvalue weighted by Gasteiger charge is 2.33. The summed E-state index contributed by atoms with van der Waals surface area (Å²) in [5.41, 5.74) is 4.91. The van der Waals surface area contributed by atoms with Gasteiger partial charge in [-0.2, -0.15) is 0 Å². The third-order valence-electron chi connectivity index (χ3n) is 1.89. The molecule has 0 aliphatic carbocycles. The molecule has 1 amide bonds. The van der Waals surface area contributed by atoms with Gasteiger partial charge >= 0.3 is 0 Å². The van der Waals surface area contributed by atoms with E-state index in [0.29, 0.717) is 0 Å². The fourth-order valence-corrected chi connectivity index (χ4v) is 1.01. The average molecular weight is 208 g/mol. The lowest BCUT2D eigenvalue weighted by molar-refractivity contribution is -0.129. The molecule has 0 spiro atoms. The van der Waals surface area contributed by atoms with E-state index in [4.69, 9.17) is 15.9 Å². The lowest BCUT2D eigenvalue weighted by Crippen LogP contribution is -2.55. The van der Waals surface area contributed by atoms with Crippen LogP contribution in [-0.4, -0.2) is 64.3 Å². The van der Waals surface area contributed by atoms with Crippen LogP contribution in [0.2, 0.25) is 0 Å². The summed E-state index contributed by atoms with van der Waals surface area (Å²) in [6, 6.07) is -1.17. The molecule has 84 valence electrons. The van der Waals surface area contributed by atoms with Crippen LogP contribution in [0.1, 0.15) is 0 Å². The van der Waals surface area contributed by atoms with Crippen molar-refractivity contribution in [1.29, 1.82) is 0 Å². The minimum Gasteiger partial charge on any atom is -0.394 e. The first-order chi connectivity index (χ1) is 6.45. The molecule has 7 heteroatoms. The third-order valence-corrected chi connectivity index (χ3v) is 1.89. The van der Waals surface area contributed by atoms with Crippen LogP contribution in [0.4, 0.5) is 0 Å². The first-order valence-corrected chi connectivity index (χ1v) is 4.07. The molecule has 0 saturated carbocycles. The summed E-state index contributed by atoms with van der Waals surface area (Å²) in [7, 11) is 1.37. The second-order valence-electron chi connectivity index (χ2n) is 2.90. The summed E-state index contributed by atoms with van der Waals surface area (Å²) in [6.45, 7) is -0.715. The lowest BCUT2D eigenvalue weighted by atomic mass is 10.0. The fourth-order valence-electron chi connectivity index (χ4n) is 1.01. The third kappa shape index (κ3) is 3.20. The summed E-state index contributed by atoms with van der Waals surface area (Å²) in [6.07, 6.45) is -4.72. The summed E-state index contributed by atoms with van der Waals surface area (Å²) < 4.78 is 0. The van der Waals surface area contributed by atoms with Crippen LogP contribution < -0.4 is 11.1 Å². The number of aliphatic hydroxyl groups is 4. The van der Waals surface area contributed by atoms with E-state index in [1.54, 1.807) is 0 Å². The number of nitrogens with one attached hydrogen (secondary N) is 1. The summed E-state index contributed by atoms with van der Waals surface area (Å²) in [5.74, 6) is -0.857. The number of nitrogens with two attached hydrogens (primary N) is 1. The zero-order chi connectivity index (χ0) is 11.3. The smallest absolute Gasteiger partial charge is 0.237 e. The van der Waals surface area contributed by atoms with E-state index in [0.717, 1.165) is 0 Å². The Labute approximate surface area is 81.2 Å². The highest BCUT2D eigenvalue weighted by Crippen LogP contribution is 2.04. The normalized spacial score (nSPS) is 19.8. The van der Waals surface area contributed by atoms with Crippen molar-refractivity contribution in [2.75, 3.05) is 13.7 Å². The van der Waals surface area contributed by atoms with Crippen molar-refractivity contribution in [3.8, 4) is 0 Å². The minimum atomic E-state index is -1.63. The number of amides is 1. The van der Waals surface area contributed by atoms with Gasteiger partial charge in [-0.25, -0.2) is 0 Å². The van der Waals surface area contributed by atoms with Gasteiger partial charge in [-0.15, -0.1) is 0 Å². The molecule has 0 aromatic carbocycles. The Balaban J connectivity index is 4.41. The molecule has 0 aromatic rings. The Morgan fingerprint density at radius 2 is 1.86 bits per heavy atom. The Morgan fingerprint density at radius 1 is 1.36 bits per heavy atom. The van der Waals surface area contributed by atoms with Crippen LogP contribution in [-0.2, 0) is 4.79 Å². The first-order valence-electron chi connectivity index (χ1n) is 4.07. The highest BCUT2D eigenvalue weighted by molar-refractivity contribution is 5.80. The molecule has 1 unspecified atom stereocenters. The Morgan fingerprint density at radius 3 is 2.14 bits per heavy atom. The van der Waals surface area contributed by atoms with E-state index in [2.05, 4.69) is 5.32 Å². The molecule has 7 nitrogen and oxygen atoms in total. The molecule has 0 heterocycles. The second-order valence-corrected chi connectivity index (χ2v) is 2.90. The number of hydrogen-bond acceptors (Lipinski definition) is 6. The minimum absolute atomic E-state index is 0.715. The van der Waals surface area contributed by atoms with Crippen molar-refractivity contribution >= 4 is 5.91 Å². The molecular weight excluding hydrogens is 192 g/mol. The van der Waals surface area contributed by atoms with Crippen molar-refractivity contribution in [3.63, 3.8) is 0 Å². The molecule has 7 N–H and O–H groups in total. The van der Waals surface area contributed by atoms with Gasteiger partial charge in [0, 0.05) is 0 Å². The Hall–Kier alpha value is -0.730. The number of carbonyl (C=O) groups excluding carboxylic acids is 1. The largest absolute Gasteiger partial charge is 0.394 e.